The highest BCUT2D eigenvalue weighted by atomic mass is 16.6. The first-order valence-corrected chi connectivity index (χ1v) is 11.1. The standard InChI is InChI=1S/C25H25N3O6/c1-5-25(32)18-9-20-21-16(11-28(20)22(30)17(18)12-33-23(25)31)15(10-26-34-24(2,3)4)14-8-13(29)6-7-19(14)27-21/h6-10,29,32H,5,11-12H2,1-4H3/b26-10+/t25-/m0/s1. The Morgan fingerprint density at radius 1 is 1.26 bits per heavy atom. The molecule has 9 nitrogen and oxygen atoms in total. The van der Waals surface area contributed by atoms with Crippen LogP contribution in [0.4, 0.5) is 0 Å². The van der Waals surface area contributed by atoms with E-state index in [1.165, 1.54) is 6.07 Å². The first kappa shape index (κ1) is 22.1. The zero-order chi connectivity index (χ0) is 24.4. The summed E-state index contributed by atoms with van der Waals surface area (Å²) in [5.41, 5.74) is 0.824. The molecule has 0 fully saturated rings. The van der Waals surface area contributed by atoms with Crippen molar-refractivity contribution in [3.63, 3.8) is 0 Å². The molecule has 0 spiro atoms. The first-order chi connectivity index (χ1) is 16.0. The van der Waals surface area contributed by atoms with E-state index in [1.807, 2.05) is 20.8 Å². The molecule has 176 valence electrons. The number of phenols is 1. The molecule has 4 heterocycles. The molecular weight excluding hydrogens is 438 g/mol. The highest BCUT2D eigenvalue weighted by Gasteiger charge is 2.45. The molecule has 9 heteroatoms. The Morgan fingerprint density at radius 2 is 2.03 bits per heavy atom. The molecule has 0 saturated heterocycles. The summed E-state index contributed by atoms with van der Waals surface area (Å²) in [5, 5.41) is 26.0. The van der Waals surface area contributed by atoms with Gasteiger partial charge < -0.3 is 24.4 Å². The van der Waals surface area contributed by atoms with E-state index in [4.69, 9.17) is 14.6 Å². The van der Waals surface area contributed by atoms with Crippen LogP contribution in [0.25, 0.3) is 22.3 Å². The number of hydrogen-bond acceptors (Lipinski definition) is 8. The van der Waals surface area contributed by atoms with Crippen molar-refractivity contribution in [2.75, 3.05) is 0 Å². The Kier molecular flexibility index (Phi) is 4.80. The van der Waals surface area contributed by atoms with Gasteiger partial charge in [0.1, 0.15) is 18.0 Å². The van der Waals surface area contributed by atoms with Gasteiger partial charge >= 0.3 is 5.97 Å². The van der Waals surface area contributed by atoms with Crippen LogP contribution in [0.2, 0.25) is 0 Å². The second kappa shape index (κ2) is 7.39. The van der Waals surface area contributed by atoms with E-state index >= 15 is 0 Å². The maximum absolute atomic E-state index is 13.4. The van der Waals surface area contributed by atoms with Gasteiger partial charge in [0.15, 0.2) is 5.60 Å². The largest absolute Gasteiger partial charge is 0.508 e. The minimum atomic E-state index is -1.89. The van der Waals surface area contributed by atoms with Crippen molar-refractivity contribution in [3.8, 4) is 17.1 Å². The van der Waals surface area contributed by atoms with Crippen LogP contribution in [0.15, 0.2) is 34.2 Å². The van der Waals surface area contributed by atoms with Crippen molar-refractivity contribution in [2.45, 2.75) is 58.5 Å². The average Bonchev–Trinajstić information content (AvgIpc) is 3.14. The quantitative estimate of drug-likeness (QED) is 0.272. The fourth-order valence-corrected chi connectivity index (χ4v) is 4.48. The number of aliphatic hydroxyl groups is 1. The Morgan fingerprint density at radius 3 is 2.74 bits per heavy atom. The van der Waals surface area contributed by atoms with Gasteiger partial charge in [0, 0.05) is 22.1 Å². The zero-order valence-corrected chi connectivity index (χ0v) is 19.4. The number of esters is 1. The van der Waals surface area contributed by atoms with Gasteiger partial charge in [-0.3, -0.25) is 4.79 Å². The van der Waals surface area contributed by atoms with Crippen LogP contribution in [-0.2, 0) is 33.1 Å². The van der Waals surface area contributed by atoms with Gasteiger partial charge in [-0.15, -0.1) is 0 Å². The molecule has 0 bridgehead atoms. The lowest BCUT2D eigenvalue weighted by Gasteiger charge is -2.31. The predicted molar refractivity (Wildman–Crippen MR) is 125 cm³/mol. The Hall–Kier alpha value is -3.72. The molecule has 0 amide bonds. The second-order valence-corrected chi connectivity index (χ2v) is 9.60. The number of benzene rings is 1. The molecule has 34 heavy (non-hydrogen) atoms. The lowest BCUT2D eigenvalue weighted by molar-refractivity contribution is -0.172. The molecule has 3 aromatic rings. The summed E-state index contributed by atoms with van der Waals surface area (Å²) in [6, 6.07) is 6.49. The third-order valence-corrected chi connectivity index (χ3v) is 6.22. The summed E-state index contributed by atoms with van der Waals surface area (Å²) in [5.74, 6) is -0.688. The Bertz CT molecular complexity index is 1450. The highest BCUT2D eigenvalue weighted by molar-refractivity contribution is 6.02. The van der Waals surface area contributed by atoms with Crippen LogP contribution < -0.4 is 5.56 Å². The van der Waals surface area contributed by atoms with Gasteiger partial charge in [0.25, 0.3) is 5.56 Å². The summed E-state index contributed by atoms with van der Waals surface area (Å²) in [4.78, 5) is 36.1. The van der Waals surface area contributed by atoms with E-state index in [0.29, 0.717) is 27.9 Å². The fraction of sp³-hybridized carbons (Fsp3) is 0.360. The van der Waals surface area contributed by atoms with Crippen molar-refractivity contribution >= 4 is 23.1 Å². The van der Waals surface area contributed by atoms with Gasteiger partial charge in [-0.05, 0) is 51.5 Å². The third kappa shape index (κ3) is 3.27. The number of aromatic nitrogens is 2. The minimum absolute atomic E-state index is 0.0705. The average molecular weight is 463 g/mol. The van der Waals surface area contributed by atoms with E-state index in [0.717, 1.165) is 5.56 Å². The van der Waals surface area contributed by atoms with Crippen molar-refractivity contribution in [2.24, 2.45) is 5.16 Å². The summed E-state index contributed by atoms with van der Waals surface area (Å²) < 4.78 is 6.69. The van der Waals surface area contributed by atoms with Crippen molar-refractivity contribution in [3.05, 3.63) is 56.9 Å². The van der Waals surface area contributed by atoms with Gasteiger partial charge in [-0.2, -0.15) is 0 Å². The van der Waals surface area contributed by atoms with Crippen LogP contribution >= 0.6 is 0 Å². The van der Waals surface area contributed by atoms with Crippen LogP contribution in [0.5, 0.6) is 5.75 Å². The molecule has 5 rings (SSSR count). The second-order valence-electron chi connectivity index (χ2n) is 9.60. The number of ether oxygens (including phenoxy) is 1. The number of phenolic OH excluding ortho intramolecular Hbond substituents is 1. The molecule has 0 aliphatic carbocycles. The van der Waals surface area contributed by atoms with Gasteiger partial charge in [-0.25, -0.2) is 9.78 Å². The van der Waals surface area contributed by atoms with E-state index in [2.05, 4.69) is 5.16 Å². The van der Waals surface area contributed by atoms with Crippen LogP contribution in [0.1, 0.15) is 56.4 Å². The van der Waals surface area contributed by atoms with Gasteiger partial charge in [0.05, 0.1) is 35.2 Å². The Balaban J connectivity index is 1.77. The van der Waals surface area contributed by atoms with Gasteiger partial charge in [0.2, 0.25) is 0 Å². The topological polar surface area (TPSA) is 123 Å². The molecule has 1 aromatic carbocycles. The van der Waals surface area contributed by atoms with E-state index in [1.54, 1.807) is 35.9 Å². The maximum Gasteiger partial charge on any atom is 0.343 e. The van der Waals surface area contributed by atoms with Crippen molar-refractivity contribution < 1.29 is 24.6 Å². The lowest BCUT2D eigenvalue weighted by atomic mass is 9.86. The molecule has 0 saturated carbocycles. The number of fused-ring (bicyclic) bond motifs is 5. The number of oxime groups is 1. The number of rotatable bonds is 3. The Labute approximate surface area is 195 Å². The molecule has 2 aromatic heterocycles. The van der Waals surface area contributed by atoms with E-state index < -0.39 is 17.2 Å². The fourth-order valence-electron chi connectivity index (χ4n) is 4.48. The molecule has 0 unspecified atom stereocenters. The first-order valence-electron chi connectivity index (χ1n) is 11.1. The van der Waals surface area contributed by atoms with Crippen LogP contribution in [0, 0.1) is 0 Å². The molecule has 1 atom stereocenters. The summed E-state index contributed by atoms with van der Waals surface area (Å²) in [6.45, 7) is 7.32. The normalized spacial score (nSPS) is 19.1. The molecular formula is C25H25N3O6. The maximum atomic E-state index is 13.4. The molecule has 2 aliphatic rings. The minimum Gasteiger partial charge on any atom is -0.508 e. The van der Waals surface area contributed by atoms with Crippen molar-refractivity contribution in [1.82, 2.24) is 9.55 Å². The monoisotopic (exact) mass is 463 g/mol. The highest BCUT2D eigenvalue weighted by Crippen LogP contribution is 2.40. The van der Waals surface area contributed by atoms with Crippen LogP contribution in [-0.4, -0.2) is 37.5 Å². The third-order valence-electron chi connectivity index (χ3n) is 6.22. The number of carbonyl (C=O) groups excluding carboxylic acids is 1. The van der Waals surface area contributed by atoms with Gasteiger partial charge in [-0.1, -0.05) is 12.1 Å². The number of carbonyl (C=O) groups is 1. The van der Waals surface area contributed by atoms with E-state index in [9.17, 15) is 19.8 Å². The summed E-state index contributed by atoms with van der Waals surface area (Å²) in [7, 11) is 0. The number of nitrogens with zero attached hydrogens (tertiary/aromatic N) is 3. The van der Waals surface area contributed by atoms with Crippen LogP contribution in [0.3, 0.4) is 0 Å². The van der Waals surface area contributed by atoms with E-state index in [-0.39, 0.29) is 42.0 Å². The smallest absolute Gasteiger partial charge is 0.343 e. The SMILES string of the molecule is CC[C@@]1(O)C(=O)OCc2c1cc1n(c2=O)Cc2c-1nc1ccc(O)cc1c2/C=N/OC(C)(C)C. The lowest BCUT2D eigenvalue weighted by Crippen LogP contribution is -2.44. The number of pyridine rings is 2. The molecule has 2 N–H and O–H groups in total. The molecule has 0 radical (unpaired) electrons. The number of aromatic hydroxyl groups is 1. The number of cyclic esters (lactones) is 1. The summed E-state index contributed by atoms with van der Waals surface area (Å²) >= 11 is 0. The van der Waals surface area contributed by atoms with Crippen molar-refractivity contribution in [1.29, 1.82) is 0 Å². The number of hydrogen-bond donors (Lipinski definition) is 2. The molecule has 2 aliphatic heterocycles. The summed E-state index contributed by atoms with van der Waals surface area (Å²) in [6.07, 6.45) is 1.64. The zero-order valence-electron chi connectivity index (χ0n) is 19.4. The predicted octanol–water partition coefficient (Wildman–Crippen LogP) is 2.93.